The topological polar surface area (TPSA) is 87.2 Å². The van der Waals surface area contributed by atoms with Crippen LogP contribution in [0.5, 0.6) is 5.75 Å². The highest BCUT2D eigenvalue weighted by molar-refractivity contribution is 7.89. The number of nitrogens with zero attached hydrogens (tertiary/aromatic N) is 2. The lowest BCUT2D eigenvalue weighted by Gasteiger charge is -2.38. The second kappa shape index (κ2) is 11.0. The average molecular weight is 479 g/mol. The molecule has 0 saturated heterocycles. The number of benzene rings is 1. The smallest absolute Gasteiger partial charge is 0.247 e. The third-order valence-electron chi connectivity index (χ3n) is 6.83. The van der Waals surface area contributed by atoms with Gasteiger partial charge in [-0.15, -0.1) is 0 Å². The van der Waals surface area contributed by atoms with Crippen LogP contribution >= 0.6 is 0 Å². The molecule has 1 aliphatic heterocycles. The van der Waals surface area contributed by atoms with Crippen LogP contribution in [0.1, 0.15) is 58.4 Å². The fourth-order valence-corrected chi connectivity index (χ4v) is 6.60. The van der Waals surface area contributed by atoms with E-state index in [0.29, 0.717) is 6.54 Å². The van der Waals surface area contributed by atoms with Crippen molar-refractivity contribution in [2.45, 2.75) is 69.9 Å². The average Bonchev–Trinajstić information content (AvgIpc) is 2.81. The normalized spacial score (nSPS) is 25.0. The molecule has 0 radical (unpaired) electrons. The minimum Gasteiger partial charge on any atom is -0.487 e. The number of carbonyl (C=O) groups is 1. The molecule has 1 saturated carbocycles. The van der Waals surface area contributed by atoms with Crippen molar-refractivity contribution in [2.24, 2.45) is 11.8 Å². The molecule has 1 aromatic rings. The zero-order valence-corrected chi connectivity index (χ0v) is 21.1. The SMILES string of the molecule is C/C=C/c1ccc2c(c1)O[C@@H](CN(C)C(=O)C1CCCCC1)[C@@H](C)CN([C@H](C)CO)S2(=O)=O. The molecule has 1 aromatic carbocycles. The lowest BCUT2D eigenvalue weighted by molar-refractivity contribution is -0.136. The molecule has 0 unspecified atom stereocenters. The van der Waals surface area contributed by atoms with Gasteiger partial charge < -0.3 is 14.7 Å². The van der Waals surface area contributed by atoms with E-state index in [0.717, 1.165) is 31.2 Å². The highest BCUT2D eigenvalue weighted by atomic mass is 32.2. The molecule has 1 amide bonds. The van der Waals surface area contributed by atoms with Crippen LogP contribution in [0.25, 0.3) is 6.08 Å². The first-order chi connectivity index (χ1) is 15.7. The molecule has 3 rings (SSSR count). The molecule has 7 nitrogen and oxygen atoms in total. The predicted molar refractivity (Wildman–Crippen MR) is 129 cm³/mol. The number of hydrogen-bond acceptors (Lipinski definition) is 5. The number of allylic oxidation sites excluding steroid dienone is 1. The number of likely N-dealkylation sites (N-methyl/N-ethyl adjacent to an activating group) is 1. The van der Waals surface area contributed by atoms with E-state index in [1.165, 1.54) is 10.7 Å². The minimum atomic E-state index is -3.86. The molecule has 0 spiro atoms. The molecule has 1 heterocycles. The zero-order valence-electron chi connectivity index (χ0n) is 20.2. The maximum absolute atomic E-state index is 13.5. The first-order valence-corrected chi connectivity index (χ1v) is 13.4. The van der Waals surface area contributed by atoms with Gasteiger partial charge >= 0.3 is 0 Å². The van der Waals surface area contributed by atoms with E-state index in [1.807, 2.05) is 33.0 Å². The van der Waals surface area contributed by atoms with E-state index in [-0.39, 0.29) is 47.6 Å². The molecule has 1 aliphatic carbocycles. The van der Waals surface area contributed by atoms with Gasteiger partial charge in [-0.05, 0) is 44.4 Å². The standard InChI is InChI=1S/C25H38N2O5S/c1-5-9-20-12-13-24-22(14-20)32-23(16-26(4)25(29)21-10-7-6-8-11-21)18(2)15-27(19(3)17-28)33(24,30)31/h5,9,12-14,18-19,21,23,28H,6-8,10-11,15-17H2,1-4H3/b9-5+/t18-,19+,23-/m0/s1. The van der Waals surface area contributed by atoms with Crippen LogP contribution < -0.4 is 4.74 Å². The van der Waals surface area contributed by atoms with Crippen molar-refractivity contribution in [3.05, 3.63) is 29.8 Å². The molecule has 2 aliphatic rings. The van der Waals surface area contributed by atoms with Crippen molar-refractivity contribution in [3.63, 3.8) is 0 Å². The van der Waals surface area contributed by atoms with Gasteiger partial charge in [0.25, 0.3) is 0 Å². The van der Waals surface area contributed by atoms with Crippen LogP contribution in [0.4, 0.5) is 0 Å². The van der Waals surface area contributed by atoms with Crippen molar-refractivity contribution >= 4 is 22.0 Å². The Morgan fingerprint density at radius 2 is 2.00 bits per heavy atom. The van der Waals surface area contributed by atoms with E-state index < -0.39 is 16.1 Å². The van der Waals surface area contributed by atoms with Crippen molar-refractivity contribution in [1.82, 2.24) is 9.21 Å². The van der Waals surface area contributed by atoms with Gasteiger partial charge in [0.05, 0.1) is 13.2 Å². The Labute approximate surface area is 198 Å². The second-order valence-corrected chi connectivity index (χ2v) is 11.4. The first kappa shape index (κ1) is 25.7. The number of hydrogen-bond donors (Lipinski definition) is 1. The fourth-order valence-electron chi connectivity index (χ4n) is 4.78. The number of sulfonamides is 1. The van der Waals surface area contributed by atoms with Gasteiger partial charge in [0, 0.05) is 31.5 Å². The third kappa shape index (κ3) is 5.78. The number of carbonyl (C=O) groups excluding carboxylic acids is 1. The molecule has 0 bridgehead atoms. The van der Waals surface area contributed by atoms with Crippen LogP contribution in [0.3, 0.4) is 0 Å². The number of fused-ring (bicyclic) bond motifs is 1. The van der Waals surface area contributed by atoms with E-state index in [2.05, 4.69) is 0 Å². The summed E-state index contributed by atoms with van der Waals surface area (Å²) >= 11 is 0. The van der Waals surface area contributed by atoms with Gasteiger partial charge in [-0.25, -0.2) is 8.42 Å². The van der Waals surface area contributed by atoms with Gasteiger partial charge in [0.2, 0.25) is 15.9 Å². The van der Waals surface area contributed by atoms with Crippen molar-refractivity contribution in [2.75, 3.05) is 26.7 Å². The maximum atomic E-state index is 13.5. The predicted octanol–water partition coefficient (Wildman–Crippen LogP) is 3.53. The molecular formula is C25H38N2O5S. The van der Waals surface area contributed by atoms with Gasteiger partial charge in [-0.2, -0.15) is 4.31 Å². The number of amides is 1. The Hall–Kier alpha value is -1.90. The molecule has 1 N–H and O–H groups in total. The van der Waals surface area contributed by atoms with Gasteiger partial charge in [0.15, 0.2) is 0 Å². The third-order valence-corrected chi connectivity index (χ3v) is 8.85. The van der Waals surface area contributed by atoms with E-state index in [9.17, 15) is 18.3 Å². The van der Waals surface area contributed by atoms with Crippen LogP contribution in [-0.4, -0.2) is 67.5 Å². The molecule has 8 heteroatoms. The van der Waals surface area contributed by atoms with Crippen LogP contribution in [-0.2, 0) is 14.8 Å². The van der Waals surface area contributed by atoms with Crippen molar-refractivity contribution in [3.8, 4) is 5.75 Å². The van der Waals surface area contributed by atoms with E-state index in [4.69, 9.17) is 4.74 Å². The van der Waals surface area contributed by atoms with Crippen molar-refractivity contribution in [1.29, 1.82) is 0 Å². The molecule has 184 valence electrons. The Balaban J connectivity index is 1.95. The molecule has 33 heavy (non-hydrogen) atoms. The first-order valence-electron chi connectivity index (χ1n) is 12.0. The number of aliphatic hydroxyl groups excluding tert-OH is 1. The highest BCUT2D eigenvalue weighted by Gasteiger charge is 2.38. The lowest BCUT2D eigenvalue weighted by atomic mass is 9.88. The summed E-state index contributed by atoms with van der Waals surface area (Å²) in [7, 11) is -2.05. The summed E-state index contributed by atoms with van der Waals surface area (Å²) in [4.78, 5) is 14.9. The van der Waals surface area contributed by atoms with Crippen LogP contribution in [0, 0.1) is 11.8 Å². The second-order valence-electron chi connectivity index (χ2n) is 9.50. The summed E-state index contributed by atoms with van der Waals surface area (Å²) in [6.07, 6.45) is 8.62. The Morgan fingerprint density at radius 3 is 2.64 bits per heavy atom. The van der Waals surface area contributed by atoms with Gasteiger partial charge in [-0.1, -0.05) is 44.4 Å². The lowest BCUT2D eigenvalue weighted by Crippen LogP contribution is -2.50. The summed E-state index contributed by atoms with van der Waals surface area (Å²) in [5, 5.41) is 9.76. The molecular weight excluding hydrogens is 440 g/mol. The van der Waals surface area contributed by atoms with Crippen LogP contribution in [0.15, 0.2) is 29.2 Å². The Bertz CT molecular complexity index is 956. The summed E-state index contributed by atoms with van der Waals surface area (Å²) in [6.45, 7) is 5.85. The Morgan fingerprint density at radius 1 is 1.30 bits per heavy atom. The van der Waals surface area contributed by atoms with E-state index in [1.54, 1.807) is 30.0 Å². The van der Waals surface area contributed by atoms with E-state index >= 15 is 0 Å². The minimum absolute atomic E-state index is 0.0625. The molecule has 1 fully saturated rings. The largest absolute Gasteiger partial charge is 0.487 e. The Kier molecular flexibility index (Phi) is 8.59. The summed E-state index contributed by atoms with van der Waals surface area (Å²) in [6, 6.07) is 4.49. The highest BCUT2D eigenvalue weighted by Crippen LogP contribution is 2.35. The molecule has 0 aromatic heterocycles. The van der Waals surface area contributed by atoms with Gasteiger partial charge in [-0.3, -0.25) is 4.79 Å². The fraction of sp³-hybridized carbons (Fsp3) is 0.640. The number of ether oxygens (including phenoxy) is 1. The van der Waals surface area contributed by atoms with Crippen LogP contribution in [0.2, 0.25) is 0 Å². The monoisotopic (exact) mass is 478 g/mol. The number of rotatable bonds is 6. The quantitative estimate of drug-likeness (QED) is 0.676. The summed E-state index contributed by atoms with van der Waals surface area (Å²) < 4.78 is 34.7. The number of aliphatic hydroxyl groups is 1. The summed E-state index contributed by atoms with van der Waals surface area (Å²) in [5.41, 5.74) is 0.840. The maximum Gasteiger partial charge on any atom is 0.247 e. The zero-order chi connectivity index (χ0) is 24.2. The molecule has 3 atom stereocenters. The van der Waals surface area contributed by atoms with Gasteiger partial charge in [0.1, 0.15) is 16.7 Å². The van der Waals surface area contributed by atoms with Crippen molar-refractivity contribution < 1.29 is 23.1 Å². The summed E-state index contributed by atoms with van der Waals surface area (Å²) in [5.74, 6) is 0.306.